The van der Waals surface area contributed by atoms with Crippen LogP contribution in [0, 0.1) is 12.8 Å². The Morgan fingerprint density at radius 1 is 1.40 bits per heavy atom. The number of hydrogen-bond donors (Lipinski definition) is 1. The van der Waals surface area contributed by atoms with Crippen molar-refractivity contribution in [3.8, 4) is 0 Å². The van der Waals surface area contributed by atoms with Crippen LogP contribution in [0.15, 0.2) is 24.3 Å². The first-order chi connectivity index (χ1) is 9.57. The van der Waals surface area contributed by atoms with Crippen molar-refractivity contribution in [1.29, 1.82) is 0 Å². The van der Waals surface area contributed by atoms with Crippen LogP contribution in [0.25, 0.3) is 0 Å². The van der Waals surface area contributed by atoms with E-state index >= 15 is 0 Å². The molecule has 0 bridgehead atoms. The van der Waals surface area contributed by atoms with Crippen molar-refractivity contribution >= 4 is 0 Å². The molecule has 1 aromatic rings. The van der Waals surface area contributed by atoms with Gasteiger partial charge in [-0.1, -0.05) is 44.0 Å². The summed E-state index contributed by atoms with van der Waals surface area (Å²) in [6, 6.07) is 8.64. The first kappa shape index (κ1) is 15.5. The molecule has 0 saturated heterocycles. The fourth-order valence-corrected chi connectivity index (χ4v) is 3.67. The van der Waals surface area contributed by atoms with Crippen LogP contribution in [0.4, 0.5) is 0 Å². The van der Waals surface area contributed by atoms with Crippen LogP contribution in [0.2, 0.25) is 0 Å². The quantitative estimate of drug-likeness (QED) is 0.886. The fourth-order valence-electron chi connectivity index (χ4n) is 3.67. The van der Waals surface area contributed by atoms with Crippen molar-refractivity contribution in [1.82, 2.24) is 0 Å². The Bertz CT molecular complexity index is 427. The third-order valence-electron chi connectivity index (χ3n) is 4.80. The van der Waals surface area contributed by atoms with E-state index in [-0.39, 0.29) is 11.6 Å². The lowest BCUT2D eigenvalue weighted by molar-refractivity contribution is -0.0925. The molecule has 3 unspecified atom stereocenters. The average molecular weight is 275 g/mol. The Morgan fingerprint density at radius 3 is 2.80 bits per heavy atom. The van der Waals surface area contributed by atoms with Gasteiger partial charge in [-0.05, 0) is 50.2 Å². The van der Waals surface area contributed by atoms with E-state index < -0.39 is 0 Å². The van der Waals surface area contributed by atoms with E-state index in [1.807, 2.05) is 0 Å². The maximum atomic E-state index is 6.61. The van der Waals surface area contributed by atoms with Gasteiger partial charge >= 0.3 is 0 Å². The molecule has 0 heterocycles. The molecule has 1 aliphatic carbocycles. The van der Waals surface area contributed by atoms with Gasteiger partial charge in [0.15, 0.2) is 0 Å². The van der Waals surface area contributed by atoms with E-state index in [0.29, 0.717) is 0 Å². The predicted molar refractivity (Wildman–Crippen MR) is 84.8 cm³/mol. The normalized spacial score (nSPS) is 28.3. The zero-order chi connectivity index (χ0) is 14.6. The highest BCUT2D eigenvalue weighted by atomic mass is 16.5. The summed E-state index contributed by atoms with van der Waals surface area (Å²) < 4.78 is 6.19. The highest BCUT2D eigenvalue weighted by Crippen LogP contribution is 2.38. The number of rotatable bonds is 5. The smallest absolute Gasteiger partial charge is 0.0838 e. The Kier molecular flexibility index (Phi) is 5.22. The van der Waals surface area contributed by atoms with Gasteiger partial charge in [-0.25, -0.2) is 0 Å². The average Bonchev–Trinajstić information content (AvgIpc) is 2.41. The van der Waals surface area contributed by atoms with Crippen molar-refractivity contribution in [2.75, 3.05) is 6.61 Å². The summed E-state index contributed by atoms with van der Waals surface area (Å²) in [6.45, 7) is 7.34. The van der Waals surface area contributed by atoms with E-state index in [1.54, 1.807) is 0 Å². The zero-order valence-corrected chi connectivity index (χ0v) is 13.2. The molecular weight excluding hydrogens is 246 g/mol. The lowest BCUT2D eigenvalue weighted by atomic mass is 9.73. The second-order valence-corrected chi connectivity index (χ2v) is 6.44. The monoisotopic (exact) mass is 275 g/mol. The van der Waals surface area contributed by atoms with Crippen LogP contribution in [0.3, 0.4) is 0 Å². The molecule has 2 rings (SSSR count). The van der Waals surface area contributed by atoms with Crippen molar-refractivity contribution in [2.24, 2.45) is 11.7 Å². The van der Waals surface area contributed by atoms with E-state index in [2.05, 4.69) is 45.0 Å². The van der Waals surface area contributed by atoms with Gasteiger partial charge in [-0.3, -0.25) is 0 Å². The highest BCUT2D eigenvalue weighted by molar-refractivity contribution is 5.27. The lowest BCUT2D eigenvalue weighted by Crippen LogP contribution is -2.53. The van der Waals surface area contributed by atoms with Crippen molar-refractivity contribution in [2.45, 2.75) is 64.5 Å². The van der Waals surface area contributed by atoms with E-state index in [0.717, 1.165) is 31.8 Å². The Morgan fingerprint density at radius 2 is 2.15 bits per heavy atom. The van der Waals surface area contributed by atoms with Crippen molar-refractivity contribution in [3.63, 3.8) is 0 Å². The van der Waals surface area contributed by atoms with Gasteiger partial charge in [0.25, 0.3) is 0 Å². The van der Waals surface area contributed by atoms with Crippen LogP contribution in [0.5, 0.6) is 0 Å². The summed E-state index contributed by atoms with van der Waals surface area (Å²) in [7, 11) is 0. The summed E-state index contributed by atoms with van der Waals surface area (Å²) in [5.74, 6) is 0.721. The summed E-state index contributed by atoms with van der Waals surface area (Å²) >= 11 is 0. The fraction of sp³-hybridized carbons (Fsp3) is 0.667. The molecule has 0 amide bonds. The van der Waals surface area contributed by atoms with Crippen LogP contribution in [0.1, 0.15) is 50.7 Å². The first-order valence-electron chi connectivity index (χ1n) is 8.01. The Labute approximate surface area is 123 Å². The van der Waals surface area contributed by atoms with Gasteiger partial charge in [0, 0.05) is 12.6 Å². The standard InChI is InChI=1S/C18H29NO/c1-4-20-18(11-7-8-14(2)13-18)17(19)12-16-10-6-5-9-15(16)3/h5-6,9-10,14,17H,4,7-8,11-13,19H2,1-3H3. The third kappa shape index (κ3) is 3.42. The van der Waals surface area contributed by atoms with Gasteiger partial charge in [0.2, 0.25) is 0 Å². The molecule has 3 atom stereocenters. The number of hydrogen-bond acceptors (Lipinski definition) is 2. The molecule has 0 spiro atoms. The van der Waals surface area contributed by atoms with E-state index in [9.17, 15) is 0 Å². The first-order valence-corrected chi connectivity index (χ1v) is 8.01. The molecular formula is C18H29NO. The van der Waals surface area contributed by atoms with Crippen LogP contribution >= 0.6 is 0 Å². The zero-order valence-electron chi connectivity index (χ0n) is 13.2. The molecule has 0 radical (unpaired) electrons. The summed E-state index contributed by atoms with van der Waals surface area (Å²) in [6.07, 6.45) is 5.68. The van der Waals surface area contributed by atoms with Gasteiger partial charge in [0.05, 0.1) is 5.60 Å². The van der Waals surface area contributed by atoms with Gasteiger partial charge in [0.1, 0.15) is 0 Å². The Balaban J connectivity index is 2.14. The van der Waals surface area contributed by atoms with Crippen LogP contribution < -0.4 is 5.73 Å². The summed E-state index contributed by atoms with van der Waals surface area (Å²) in [5.41, 5.74) is 9.18. The van der Waals surface area contributed by atoms with Crippen LogP contribution in [-0.2, 0) is 11.2 Å². The molecule has 0 aromatic heterocycles. The molecule has 2 heteroatoms. The number of aryl methyl sites for hydroxylation is 1. The molecule has 2 nitrogen and oxygen atoms in total. The second-order valence-electron chi connectivity index (χ2n) is 6.44. The molecule has 20 heavy (non-hydrogen) atoms. The summed E-state index contributed by atoms with van der Waals surface area (Å²) in [4.78, 5) is 0. The summed E-state index contributed by atoms with van der Waals surface area (Å²) in [5, 5.41) is 0. The van der Waals surface area contributed by atoms with Crippen molar-refractivity contribution < 1.29 is 4.74 Å². The largest absolute Gasteiger partial charge is 0.374 e. The maximum absolute atomic E-state index is 6.61. The van der Waals surface area contributed by atoms with Crippen LogP contribution in [-0.4, -0.2) is 18.2 Å². The van der Waals surface area contributed by atoms with Gasteiger partial charge in [-0.15, -0.1) is 0 Å². The Hall–Kier alpha value is -0.860. The highest BCUT2D eigenvalue weighted by Gasteiger charge is 2.40. The molecule has 1 aromatic carbocycles. The molecule has 112 valence electrons. The maximum Gasteiger partial charge on any atom is 0.0838 e. The van der Waals surface area contributed by atoms with Crippen molar-refractivity contribution in [3.05, 3.63) is 35.4 Å². The van der Waals surface area contributed by atoms with Gasteiger partial charge < -0.3 is 10.5 Å². The number of ether oxygens (including phenoxy) is 1. The minimum atomic E-state index is -0.116. The third-order valence-corrected chi connectivity index (χ3v) is 4.80. The minimum Gasteiger partial charge on any atom is -0.374 e. The van der Waals surface area contributed by atoms with Gasteiger partial charge in [-0.2, -0.15) is 0 Å². The molecule has 1 aliphatic rings. The van der Waals surface area contributed by atoms with E-state index in [1.165, 1.54) is 24.0 Å². The van der Waals surface area contributed by atoms with E-state index in [4.69, 9.17) is 10.5 Å². The predicted octanol–water partition coefficient (Wildman–Crippen LogP) is 3.85. The molecule has 2 N–H and O–H groups in total. The second kappa shape index (κ2) is 6.73. The topological polar surface area (TPSA) is 35.2 Å². The molecule has 0 aliphatic heterocycles. The number of nitrogens with two attached hydrogens (primary N) is 1. The minimum absolute atomic E-state index is 0.0892. The SMILES string of the molecule is CCOC1(C(N)Cc2ccccc2C)CCCC(C)C1. The molecule has 1 saturated carbocycles. The number of benzene rings is 1. The molecule has 1 fully saturated rings. The lowest BCUT2D eigenvalue weighted by Gasteiger charge is -2.44.